The molecule has 1 N–H and O–H groups in total. The summed E-state index contributed by atoms with van der Waals surface area (Å²) in [5, 5.41) is 3.62. The van der Waals surface area contributed by atoms with Crippen molar-refractivity contribution in [3.05, 3.63) is 89.5 Å². The molecular weight excluding hydrogens is 472 g/mol. The van der Waals surface area contributed by atoms with E-state index in [2.05, 4.69) is 75.8 Å². The van der Waals surface area contributed by atoms with Crippen molar-refractivity contribution < 1.29 is 9.53 Å². The number of anilines is 2. The van der Waals surface area contributed by atoms with E-state index in [1.165, 1.54) is 24.8 Å². The van der Waals surface area contributed by atoms with Gasteiger partial charge in [-0.3, -0.25) is 9.69 Å². The van der Waals surface area contributed by atoms with Gasteiger partial charge in [0, 0.05) is 63.7 Å². The van der Waals surface area contributed by atoms with Crippen LogP contribution in [0.1, 0.15) is 47.2 Å². The summed E-state index contributed by atoms with van der Waals surface area (Å²) in [4.78, 5) is 21.1. The topological polar surface area (TPSA) is 48.1 Å². The predicted molar refractivity (Wildman–Crippen MR) is 155 cm³/mol. The van der Waals surface area contributed by atoms with Gasteiger partial charge in [0.1, 0.15) is 5.75 Å². The molecular formula is C32H40N4O2. The second-order valence-corrected chi connectivity index (χ2v) is 10.4. The minimum Gasteiger partial charge on any atom is -0.496 e. The van der Waals surface area contributed by atoms with Gasteiger partial charge in [-0.25, -0.2) is 0 Å². The summed E-state index contributed by atoms with van der Waals surface area (Å²) in [5.74, 6) is 0.659. The van der Waals surface area contributed by atoms with Crippen LogP contribution in [0.3, 0.4) is 0 Å². The van der Waals surface area contributed by atoms with Crippen molar-refractivity contribution in [2.45, 2.75) is 38.8 Å². The molecule has 0 atom stereocenters. The highest BCUT2D eigenvalue weighted by molar-refractivity contribution is 5.98. The first-order chi connectivity index (χ1) is 18.7. The lowest BCUT2D eigenvalue weighted by molar-refractivity contribution is 0.0717. The molecule has 1 saturated heterocycles. The number of carbonyl (C=O) groups is 1. The highest BCUT2D eigenvalue weighted by atomic mass is 16.5. The van der Waals surface area contributed by atoms with E-state index in [-0.39, 0.29) is 5.91 Å². The molecule has 0 spiro atoms. The first-order valence-corrected chi connectivity index (χ1v) is 14.0. The number of rotatable bonds is 5. The van der Waals surface area contributed by atoms with Gasteiger partial charge >= 0.3 is 0 Å². The van der Waals surface area contributed by atoms with Crippen molar-refractivity contribution in [1.29, 1.82) is 0 Å². The maximum absolute atomic E-state index is 14.2. The van der Waals surface area contributed by atoms with Gasteiger partial charge in [-0.2, -0.15) is 0 Å². The van der Waals surface area contributed by atoms with E-state index in [0.29, 0.717) is 24.4 Å². The first-order valence-electron chi connectivity index (χ1n) is 14.0. The molecule has 0 saturated carbocycles. The lowest BCUT2D eigenvalue weighted by Crippen LogP contribution is -2.39. The summed E-state index contributed by atoms with van der Waals surface area (Å²) < 4.78 is 5.70. The number of para-hydroxylation sites is 1. The number of hydrogen-bond donors (Lipinski definition) is 1. The zero-order valence-corrected chi connectivity index (χ0v) is 22.6. The second kappa shape index (κ2) is 12.8. The average Bonchev–Trinajstić information content (AvgIpc) is 3.01. The van der Waals surface area contributed by atoms with Crippen LogP contribution >= 0.6 is 0 Å². The minimum absolute atomic E-state index is 0.0226. The van der Waals surface area contributed by atoms with Crippen molar-refractivity contribution in [3.63, 3.8) is 0 Å². The summed E-state index contributed by atoms with van der Waals surface area (Å²) in [7, 11) is 1.65. The molecule has 1 fully saturated rings. The van der Waals surface area contributed by atoms with Crippen LogP contribution in [0, 0.1) is 0 Å². The van der Waals surface area contributed by atoms with E-state index in [4.69, 9.17) is 4.74 Å². The molecule has 0 aromatic heterocycles. The van der Waals surface area contributed by atoms with Crippen LogP contribution in [0.15, 0.2) is 72.8 Å². The number of piperidine rings is 1. The third kappa shape index (κ3) is 6.48. The van der Waals surface area contributed by atoms with Crippen molar-refractivity contribution in [1.82, 2.24) is 9.80 Å². The van der Waals surface area contributed by atoms with Crippen molar-refractivity contribution in [3.8, 4) is 5.75 Å². The number of ether oxygens (including phenoxy) is 1. The lowest BCUT2D eigenvalue weighted by Gasteiger charge is -2.31. The van der Waals surface area contributed by atoms with E-state index < -0.39 is 0 Å². The SMILES string of the molecule is COc1ccc(N2CCCCC2)cc1C(=O)N1CCN(Cc2ccccc2)CCCNc2ccccc2C1. The molecule has 0 bridgehead atoms. The third-order valence-electron chi connectivity index (χ3n) is 7.70. The van der Waals surface area contributed by atoms with Crippen LogP contribution < -0.4 is 15.0 Å². The number of carbonyl (C=O) groups excluding carboxylic acids is 1. The molecule has 2 heterocycles. The Balaban J connectivity index is 1.43. The predicted octanol–water partition coefficient (Wildman–Crippen LogP) is 5.65. The van der Waals surface area contributed by atoms with E-state index in [1.807, 2.05) is 17.0 Å². The van der Waals surface area contributed by atoms with Gasteiger partial charge in [0.15, 0.2) is 0 Å². The van der Waals surface area contributed by atoms with Crippen LogP contribution in [0.2, 0.25) is 0 Å². The van der Waals surface area contributed by atoms with Crippen LogP contribution in [0.5, 0.6) is 5.75 Å². The smallest absolute Gasteiger partial charge is 0.258 e. The number of benzene rings is 3. The minimum atomic E-state index is 0.0226. The largest absolute Gasteiger partial charge is 0.496 e. The van der Waals surface area contributed by atoms with Crippen LogP contribution in [-0.2, 0) is 13.1 Å². The van der Waals surface area contributed by atoms with Crippen LogP contribution in [0.4, 0.5) is 11.4 Å². The van der Waals surface area contributed by atoms with Gasteiger partial charge in [-0.1, -0.05) is 48.5 Å². The zero-order valence-electron chi connectivity index (χ0n) is 22.6. The first kappa shape index (κ1) is 26.1. The van der Waals surface area contributed by atoms with Crippen molar-refractivity contribution >= 4 is 17.3 Å². The van der Waals surface area contributed by atoms with Gasteiger partial charge in [0.05, 0.1) is 12.7 Å². The van der Waals surface area contributed by atoms with E-state index in [0.717, 1.165) is 62.6 Å². The number of methoxy groups -OCH3 is 1. The van der Waals surface area contributed by atoms with Gasteiger partial charge < -0.3 is 19.9 Å². The highest BCUT2D eigenvalue weighted by Gasteiger charge is 2.24. The summed E-state index contributed by atoms with van der Waals surface area (Å²) in [6.45, 7) is 6.85. The summed E-state index contributed by atoms with van der Waals surface area (Å²) in [5.41, 5.74) is 5.30. The fourth-order valence-electron chi connectivity index (χ4n) is 5.57. The van der Waals surface area contributed by atoms with Gasteiger partial charge in [-0.15, -0.1) is 0 Å². The Labute approximate surface area is 227 Å². The summed E-state index contributed by atoms with van der Waals surface area (Å²) >= 11 is 0. The van der Waals surface area contributed by atoms with Crippen molar-refractivity contribution in [2.75, 3.05) is 56.6 Å². The molecule has 6 heteroatoms. The van der Waals surface area contributed by atoms with Crippen LogP contribution in [0.25, 0.3) is 0 Å². The Morgan fingerprint density at radius 1 is 0.842 bits per heavy atom. The monoisotopic (exact) mass is 512 g/mol. The molecule has 0 radical (unpaired) electrons. The molecule has 2 aliphatic heterocycles. The molecule has 0 aliphatic carbocycles. The van der Waals surface area contributed by atoms with E-state index in [9.17, 15) is 4.79 Å². The summed E-state index contributed by atoms with van der Waals surface area (Å²) in [6, 6.07) is 25.1. The molecule has 2 aliphatic rings. The highest BCUT2D eigenvalue weighted by Crippen LogP contribution is 2.29. The number of amides is 1. The average molecular weight is 513 g/mol. The molecule has 3 aromatic carbocycles. The number of fused-ring (bicyclic) bond motifs is 1. The Hall–Kier alpha value is -3.51. The zero-order chi connectivity index (χ0) is 26.2. The standard InChI is InChI=1S/C32H40N4O2/c1-38-31-16-15-28(35-19-8-3-9-20-35)23-29(31)32(37)36-22-21-34(24-26-11-4-2-5-12-26)18-10-17-33-30-14-7-6-13-27(30)25-36/h2,4-7,11-16,23,33H,3,8-10,17-22,24-25H2,1H3. The molecule has 1 amide bonds. The van der Waals surface area contributed by atoms with Crippen molar-refractivity contribution in [2.24, 2.45) is 0 Å². The fraction of sp³-hybridized carbons (Fsp3) is 0.406. The van der Waals surface area contributed by atoms with Gasteiger partial charge in [0.2, 0.25) is 0 Å². The van der Waals surface area contributed by atoms with E-state index in [1.54, 1.807) is 7.11 Å². The fourth-order valence-corrected chi connectivity index (χ4v) is 5.57. The Morgan fingerprint density at radius 2 is 1.63 bits per heavy atom. The number of nitrogens with zero attached hydrogens (tertiary/aromatic N) is 3. The molecule has 5 rings (SSSR count). The normalized spacial score (nSPS) is 17.2. The van der Waals surface area contributed by atoms with E-state index >= 15 is 0 Å². The molecule has 6 nitrogen and oxygen atoms in total. The van der Waals surface area contributed by atoms with Crippen LogP contribution in [-0.4, -0.2) is 62.1 Å². The van der Waals surface area contributed by atoms with Gasteiger partial charge in [-0.05, 0) is 61.1 Å². The lowest BCUT2D eigenvalue weighted by atomic mass is 10.1. The Morgan fingerprint density at radius 3 is 2.45 bits per heavy atom. The molecule has 3 aromatic rings. The Kier molecular flexibility index (Phi) is 8.82. The second-order valence-electron chi connectivity index (χ2n) is 10.4. The molecule has 38 heavy (non-hydrogen) atoms. The molecule has 200 valence electrons. The van der Waals surface area contributed by atoms with Gasteiger partial charge in [0.25, 0.3) is 5.91 Å². The maximum atomic E-state index is 14.2. The number of nitrogens with one attached hydrogen (secondary N) is 1. The summed E-state index contributed by atoms with van der Waals surface area (Å²) in [6.07, 6.45) is 4.71. The molecule has 0 unspecified atom stereocenters. The quantitative estimate of drug-likeness (QED) is 0.479. The maximum Gasteiger partial charge on any atom is 0.258 e. The third-order valence-corrected chi connectivity index (χ3v) is 7.70. The number of hydrogen-bond acceptors (Lipinski definition) is 5. The Bertz CT molecular complexity index is 1190.